The first-order valence-corrected chi connectivity index (χ1v) is 4.27. The second-order valence-electron chi connectivity index (χ2n) is 2.19. The van der Waals surface area contributed by atoms with Crippen LogP contribution in [0.1, 0.15) is 19.4 Å². The number of rotatable bonds is 1. The topological polar surface area (TPSA) is 33.0 Å². The molecule has 0 unspecified atom stereocenters. The molecule has 0 aliphatic heterocycles. The van der Waals surface area contributed by atoms with Gasteiger partial charge in [-0.15, -0.1) is 13.2 Å². The molecule has 0 bridgehead atoms. The van der Waals surface area contributed by atoms with Crippen molar-refractivity contribution in [3.8, 4) is 11.8 Å². The van der Waals surface area contributed by atoms with Crippen LogP contribution in [0.5, 0.6) is 5.75 Å². The van der Waals surface area contributed by atoms with E-state index < -0.39 is 6.36 Å². The Bertz CT molecular complexity index is 341. The SMILES string of the molecule is CC.N#Cc1cccc(OC(F)(F)F)c1. The molecule has 1 aromatic rings. The minimum absolute atomic E-state index is 0.127. The fourth-order valence-corrected chi connectivity index (χ4v) is 0.763. The lowest BCUT2D eigenvalue weighted by molar-refractivity contribution is -0.274. The van der Waals surface area contributed by atoms with Crippen LogP contribution in [0.2, 0.25) is 0 Å². The molecule has 0 saturated carbocycles. The van der Waals surface area contributed by atoms with Gasteiger partial charge in [0, 0.05) is 0 Å². The zero-order valence-electron chi connectivity index (χ0n) is 8.30. The van der Waals surface area contributed by atoms with Gasteiger partial charge in [-0.3, -0.25) is 0 Å². The molecule has 5 heteroatoms. The fourth-order valence-electron chi connectivity index (χ4n) is 0.763. The summed E-state index contributed by atoms with van der Waals surface area (Å²) < 4.78 is 38.6. The van der Waals surface area contributed by atoms with Gasteiger partial charge >= 0.3 is 6.36 Å². The Balaban J connectivity index is 0.000000921. The van der Waals surface area contributed by atoms with Crippen LogP contribution >= 0.6 is 0 Å². The highest BCUT2D eigenvalue weighted by atomic mass is 19.4. The van der Waals surface area contributed by atoms with Crippen molar-refractivity contribution in [1.29, 1.82) is 5.26 Å². The third-order valence-electron chi connectivity index (χ3n) is 1.20. The highest BCUT2D eigenvalue weighted by molar-refractivity contribution is 5.36. The van der Waals surface area contributed by atoms with E-state index in [4.69, 9.17) is 5.26 Å². The first kappa shape index (κ1) is 13.3. The third-order valence-corrected chi connectivity index (χ3v) is 1.20. The Morgan fingerprint density at radius 3 is 2.33 bits per heavy atom. The first-order chi connectivity index (χ1) is 7.01. The molecule has 0 N–H and O–H groups in total. The molecule has 1 rings (SSSR count). The lowest BCUT2D eigenvalue weighted by Crippen LogP contribution is -2.17. The molecular formula is C10H10F3NO. The van der Waals surface area contributed by atoms with Crippen molar-refractivity contribution < 1.29 is 17.9 Å². The second-order valence-corrected chi connectivity index (χ2v) is 2.19. The van der Waals surface area contributed by atoms with Crippen LogP contribution in [0.15, 0.2) is 24.3 Å². The maximum Gasteiger partial charge on any atom is 0.573 e. The zero-order valence-corrected chi connectivity index (χ0v) is 8.30. The van der Waals surface area contributed by atoms with Gasteiger partial charge in [-0.1, -0.05) is 19.9 Å². The van der Waals surface area contributed by atoms with Gasteiger partial charge in [-0.05, 0) is 18.2 Å². The van der Waals surface area contributed by atoms with Crippen LogP contribution < -0.4 is 4.74 Å². The van der Waals surface area contributed by atoms with Crippen molar-refractivity contribution >= 4 is 0 Å². The number of halogens is 3. The van der Waals surface area contributed by atoms with E-state index >= 15 is 0 Å². The molecule has 82 valence electrons. The first-order valence-electron chi connectivity index (χ1n) is 4.27. The third kappa shape index (κ3) is 5.57. The van der Waals surface area contributed by atoms with Crippen LogP contribution in [0.4, 0.5) is 13.2 Å². The summed E-state index contributed by atoms with van der Waals surface area (Å²) in [5.41, 5.74) is 0.127. The highest BCUT2D eigenvalue weighted by Crippen LogP contribution is 2.22. The molecule has 0 aromatic heterocycles. The van der Waals surface area contributed by atoms with Gasteiger partial charge in [0.1, 0.15) is 5.75 Å². The predicted molar refractivity (Wildman–Crippen MR) is 49.2 cm³/mol. The summed E-state index contributed by atoms with van der Waals surface area (Å²) in [6.45, 7) is 4.00. The maximum atomic E-state index is 11.7. The number of benzene rings is 1. The Hall–Kier alpha value is -1.70. The smallest absolute Gasteiger partial charge is 0.406 e. The van der Waals surface area contributed by atoms with E-state index in [1.165, 1.54) is 12.1 Å². The average Bonchev–Trinajstić information content (AvgIpc) is 2.19. The van der Waals surface area contributed by atoms with Crippen LogP contribution in [-0.4, -0.2) is 6.36 Å². The van der Waals surface area contributed by atoms with E-state index in [9.17, 15) is 13.2 Å². The lowest BCUT2D eigenvalue weighted by Gasteiger charge is -2.07. The Morgan fingerprint density at radius 1 is 1.27 bits per heavy atom. The molecule has 0 heterocycles. The standard InChI is InChI=1S/C8H4F3NO.C2H6/c9-8(10,11)13-7-3-1-2-6(4-7)5-12;1-2/h1-4H;1-2H3. The van der Waals surface area contributed by atoms with Gasteiger partial charge in [0.15, 0.2) is 0 Å². The van der Waals surface area contributed by atoms with E-state index in [2.05, 4.69) is 4.74 Å². The summed E-state index contributed by atoms with van der Waals surface area (Å²) in [5.74, 6) is -0.383. The van der Waals surface area contributed by atoms with Crippen molar-refractivity contribution in [3.63, 3.8) is 0 Å². The van der Waals surface area contributed by atoms with Crippen molar-refractivity contribution in [1.82, 2.24) is 0 Å². The minimum Gasteiger partial charge on any atom is -0.406 e. The predicted octanol–water partition coefficient (Wildman–Crippen LogP) is 3.48. The van der Waals surface area contributed by atoms with Gasteiger partial charge in [-0.2, -0.15) is 5.26 Å². The Kier molecular flexibility index (Phi) is 5.24. The summed E-state index contributed by atoms with van der Waals surface area (Å²) >= 11 is 0. The van der Waals surface area contributed by atoms with Crippen molar-refractivity contribution in [3.05, 3.63) is 29.8 Å². The molecule has 0 radical (unpaired) electrons. The maximum absolute atomic E-state index is 11.7. The van der Waals surface area contributed by atoms with E-state index in [1.807, 2.05) is 13.8 Å². The quantitative estimate of drug-likeness (QED) is 0.721. The van der Waals surface area contributed by atoms with Gasteiger partial charge in [-0.25, -0.2) is 0 Å². The average molecular weight is 217 g/mol. The van der Waals surface area contributed by atoms with Gasteiger partial charge < -0.3 is 4.74 Å². The number of ether oxygens (including phenoxy) is 1. The molecular weight excluding hydrogens is 207 g/mol. The van der Waals surface area contributed by atoms with E-state index in [-0.39, 0.29) is 11.3 Å². The lowest BCUT2D eigenvalue weighted by atomic mass is 10.2. The van der Waals surface area contributed by atoms with Gasteiger partial charge in [0.05, 0.1) is 11.6 Å². The van der Waals surface area contributed by atoms with E-state index in [0.29, 0.717) is 0 Å². The van der Waals surface area contributed by atoms with Crippen LogP contribution in [0, 0.1) is 11.3 Å². The Morgan fingerprint density at radius 2 is 1.87 bits per heavy atom. The zero-order chi connectivity index (χ0) is 11.9. The summed E-state index contributed by atoms with van der Waals surface area (Å²) in [6, 6.07) is 6.57. The minimum atomic E-state index is -4.71. The Labute approximate surface area is 85.9 Å². The fraction of sp³-hybridized carbons (Fsp3) is 0.300. The monoisotopic (exact) mass is 217 g/mol. The van der Waals surface area contributed by atoms with Gasteiger partial charge in [0.2, 0.25) is 0 Å². The molecule has 0 aliphatic carbocycles. The largest absolute Gasteiger partial charge is 0.573 e. The van der Waals surface area contributed by atoms with Gasteiger partial charge in [0.25, 0.3) is 0 Å². The molecule has 0 amide bonds. The molecule has 0 spiro atoms. The molecule has 0 atom stereocenters. The number of hydrogen-bond acceptors (Lipinski definition) is 2. The molecule has 2 nitrogen and oxygen atoms in total. The molecule has 0 aliphatic rings. The number of hydrogen-bond donors (Lipinski definition) is 0. The molecule has 0 fully saturated rings. The molecule has 1 aromatic carbocycles. The molecule has 0 saturated heterocycles. The second kappa shape index (κ2) is 5.91. The number of nitrogens with zero attached hydrogens (tertiary/aromatic N) is 1. The van der Waals surface area contributed by atoms with Crippen LogP contribution in [0.3, 0.4) is 0 Å². The van der Waals surface area contributed by atoms with Crippen molar-refractivity contribution in [2.45, 2.75) is 20.2 Å². The summed E-state index contributed by atoms with van der Waals surface area (Å²) in [6.07, 6.45) is -4.71. The summed E-state index contributed by atoms with van der Waals surface area (Å²) in [4.78, 5) is 0. The number of nitriles is 1. The normalized spacial score (nSPS) is 9.60. The highest BCUT2D eigenvalue weighted by Gasteiger charge is 2.31. The molecule has 15 heavy (non-hydrogen) atoms. The van der Waals surface area contributed by atoms with E-state index in [0.717, 1.165) is 12.1 Å². The summed E-state index contributed by atoms with van der Waals surface area (Å²) in [7, 11) is 0. The summed E-state index contributed by atoms with van der Waals surface area (Å²) in [5, 5.41) is 8.37. The van der Waals surface area contributed by atoms with E-state index in [1.54, 1.807) is 6.07 Å². The van der Waals surface area contributed by atoms with Crippen molar-refractivity contribution in [2.75, 3.05) is 0 Å². The van der Waals surface area contributed by atoms with Crippen LogP contribution in [-0.2, 0) is 0 Å². The number of alkyl halides is 3. The van der Waals surface area contributed by atoms with Crippen molar-refractivity contribution in [2.24, 2.45) is 0 Å². The van der Waals surface area contributed by atoms with Crippen LogP contribution in [0.25, 0.3) is 0 Å².